The first-order valence-corrected chi connectivity index (χ1v) is 6.69. The van der Waals surface area contributed by atoms with Crippen LogP contribution in [0.4, 0.5) is 10.1 Å². The van der Waals surface area contributed by atoms with Crippen molar-refractivity contribution in [3.05, 3.63) is 66.0 Å². The highest BCUT2D eigenvalue weighted by Gasteiger charge is 2.27. The molecule has 0 fully saturated rings. The van der Waals surface area contributed by atoms with Gasteiger partial charge in [-0.25, -0.2) is 4.39 Å². The molecule has 0 heterocycles. The lowest BCUT2D eigenvalue weighted by Crippen LogP contribution is -2.35. The Hall–Kier alpha value is -2.67. The van der Waals surface area contributed by atoms with Crippen LogP contribution in [-0.2, 0) is 4.79 Å². The summed E-state index contributed by atoms with van der Waals surface area (Å²) in [6, 6.07) is 16.9. The zero-order valence-corrected chi connectivity index (χ0v) is 11.7. The minimum atomic E-state index is -0.939. The second kappa shape index (κ2) is 6.67. The predicted molar refractivity (Wildman–Crippen MR) is 79.2 cm³/mol. The Balaban J connectivity index is 2.36. The van der Waals surface area contributed by atoms with Crippen molar-refractivity contribution in [3.63, 3.8) is 0 Å². The van der Waals surface area contributed by atoms with E-state index in [1.54, 1.807) is 43.3 Å². The summed E-state index contributed by atoms with van der Waals surface area (Å²) >= 11 is 0. The molecule has 1 atom stereocenters. The van der Waals surface area contributed by atoms with Crippen LogP contribution in [0, 0.1) is 17.1 Å². The summed E-state index contributed by atoms with van der Waals surface area (Å²) in [4.78, 5) is 13.9. The van der Waals surface area contributed by atoms with Crippen LogP contribution in [0.15, 0.2) is 54.6 Å². The highest BCUT2D eigenvalue weighted by molar-refractivity contribution is 5.99. The zero-order valence-electron chi connectivity index (χ0n) is 11.7. The number of rotatable bonds is 4. The normalized spacial score (nSPS) is 11.5. The van der Waals surface area contributed by atoms with Gasteiger partial charge in [-0.05, 0) is 24.6 Å². The van der Waals surface area contributed by atoms with Gasteiger partial charge in [-0.15, -0.1) is 0 Å². The van der Waals surface area contributed by atoms with Crippen LogP contribution in [0.1, 0.15) is 18.4 Å². The molecule has 0 saturated heterocycles. The number of carbonyl (C=O) groups is 1. The molecule has 2 aromatic carbocycles. The van der Waals surface area contributed by atoms with E-state index < -0.39 is 17.6 Å². The van der Waals surface area contributed by atoms with Gasteiger partial charge >= 0.3 is 0 Å². The van der Waals surface area contributed by atoms with Crippen molar-refractivity contribution in [2.75, 3.05) is 11.4 Å². The smallest absolute Gasteiger partial charge is 0.248 e. The lowest BCUT2D eigenvalue weighted by atomic mass is 9.99. The van der Waals surface area contributed by atoms with E-state index in [9.17, 15) is 14.4 Å². The number of hydrogen-bond acceptors (Lipinski definition) is 2. The molecule has 2 aromatic rings. The third kappa shape index (κ3) is 3.09. The summed E-state index contributed by atoms with van der Waals surface area (Å²) in [6.07, 6.45) is 0. The second-order valence-electron chi connectivity index (χ2n) is 4.51. The molecule has 0 aliphatic rings. The molecule has 1 unspecified atom stereocenters. The molecule has 3 nitrogen and oxygen atoms in total. The molecule has 4 heteroatoms. The van der Waals surface area contributed by atoms with Gasteiger partial charge in [0.25, 0.3) is 0 Å². The summed E-state index contributed by atoms with van der Waals surface area (Å²) < 4.78 is 13.9. The van der Waals surface area contributed by atoms with Crippen LogP contribution in [0.2, 0.25) is 0 Å². The Morgan fingerprint density at radius 2 is 1.81 bits per heavy atom. The van der Waals surface area contributed by atoms with E-state index in [4.69, 9.17) is 0 Å². The molecular weight excluding hydrogens is 267 g/mol. The maximum atomic E-state index is 13.9. The van der Waals surface area contributed by atoms with Gasteiger partial charge in [-0.2, -0.15) is 5.26 Å². The van der Waals surface area contributed by atoms with Crippen molar-refractivity contribution >= 4 is 11.6 Å². The van der Waals surface area contributed by atoms with E-state index in [2.05, 4.69) is 0 Å². The van der Waals surface area contributed by atoms with Gasteiger partial charge in [0.2, 0.25) is 5.91 Å². The molecule has 0 bridgehead atoms. The average Bonchev–Trinajstić information content (AvgIpc) is 2.52. The van der Waals surface area contributed by atoms with E-state index in [0.717, 1.165) is 0 Å². The van der Waals surface area contributed by atoms with Gasteiger partial charge in [-0.1, -0.05) is 42.5 Å². The molecule has 0 aromatic heterocycles. The molecule has 0 radical (unpaired) electrons. The number of likely N-dealkylation sites (N-methyl/N-ethyl adjacent to an activating group) is 1. The molecule has 2 rings (SSSR count). The van der Waals surface area contributed by atoms with E-state index in [1.807, 2.05) is 12.1 Å². The van der Waals surface area contributed by atoms with Crippen LogP contribution in [-0.4, -0.2) is 12.5 Å². The average molecular weight is 282 g/mol. The fourth-order valence-electron chi connectivity index (χ4n) is 2.19. The maximum absolute atomic E-state index is 13.9. The maximum Gasteiger partial charge on any atom is 0.248 e. The minimum absolute atomic E-state index is 0.196. The first-order chi connectivity index (χ1) is 10.2. The SMILES string of the molecule is CCN(C(=O)C(C#N)c1ccccc1)c1ccccc1F. The van der Waals surface area contributed by atoms with Crippen molar-refractivity contribution < 1.29 is 9.18 Å². The van der Waals surface area contributed by atoms with Gasteiger partial charge in [-0.3, -0.25) is 4.79 Å². The largest absolute Gasteiger partial charge is 0.309 e. The number of amides is 1. The van der Waals surface area contributed by atoms with Gasteiger partial charge in [0, 0.05) is 6.54 Å². The monoisotopic (exact) mass is 282 g/mol. The van der Waals surface area contributed by atoms with Crippen LogP contribution >= 0.6 is 0 Å². The fourth-order valence-corrected chi connectivity index (χ4v) is 2.19. The highest BCUT2D eigenvalue weighted by atomic mass is 19.1. The number of hydrogen-bond donors (Lipinski definition) is 0. The number of nitriles is 1. The quantitative estimate of drug-likeness (QED) is 0.861. The summed E-state index contributed by atoms with van der Waals surface area (Å²) in [5.74, 6) is -1.83. The lowest BCUT2D eigenvalue weighted by Gasteiger charge is -2.24. The summed E-state index contributed by atoms with van der Waals surface area (Å²) in [5.41, 5.74) is 0.806. The predicted octanol–water partition coefficient (Wildman–Crippen LogP) is 3.49. The van der Waals surface area contributed by atoms with Crippen molar-refractivity contribution in [3.8, 4) is 6.07 Å². The Morgan fingerprint density at radius 1 is 1.19 bits per heavy atom. The molecule has 106 valence electrons. The Morgan fingerprint density at radius 3 is 2.38 bits per heavy atom. The van der Waals surface area contributed by atoms with Crippen LogP contribution in [0.5, 0.6) is 0 Å². The number of carbonyl (C=O) groups excluding carboxylic acids is 1. The topological polar surface area (TPSA) is 44.1 Å². The molecule has 0 N–H and O–H groups in total. The van der Waals surface area contributed by atoms with Gasteiger partial charge in [0.05, 0.1) is 11.8 Å². The molecular formula is C17H15FN2O. The first kappa shape index (κ1) is 14.7. The zero-order chi connectivity index (χ0) is 15.2. The summed E-state index contributed by atoms with van der Waals surface area (Å²) in [5, 5.41) is 9.32. The van der Waals surface area contributed by atoms with Gasteiger partial charge in [0.15, 0.2) is 5.92 Å². The summed E-state index contributed by atoms with van der Waals surface area (Å²) in [6.45, 7) is 2.05. The number of halogens is 1. The highest BCUT2D eigenvalue weighted by Crippen LogP contribution is 2.24. The van der Waals surface area contributed by atoms with Crippen molar-refractivity contribution in [2.24, 2.45) is 0 Å². The van der Waals surface area contributed by atoms with Crippen molar-refractivity contribution in [1.82, 2.24) is 0 Å². The van der Waals surface area contributed by atoms with Crippen LogP contribution in [0.3, 0.4) is 0 Å². The minimum Gasteiger partial charge on any atom is -0.309 e. The van der Waals surface area contributed by atoms with Crippen LogP contribution < -0.4 is 4.90 Å². The third-order valence-electron chi connectivity index (χ3n) is 3.23. The molecule has 0 saturated carbocycles. The van der Waals surface area contributed by atoms with Crippen molar-refractivity contribution in [2.45, 2.75) is 12.8 Å². The fraction of sp³-hybridized carbons (Fsp3) is 0.176. The number of para-hydroxylation sites is 1. The standard InChI is InChI=1S/C17H15FN2O/c1-2-20(16-11-7-6-10-15(16)18)17(21)14(12-19)13-8-4-3-5-9-13/h3-11,14H,2H2,1H3. The molecule has 1 amide bonds. The number of nitrogens with zero attached hydrogens (tertiary/aromatic N) is 2. The molecule has 21 heavy (non-hydrogen) atoms. The van der Waals surface area contributed by atoms with Gasteiger partial charge in [0.1, 0.15) is 5.82 Å². The molecule has 0 aliphatic heterocycles. The lowest BCUT2D eigenvalue weighted by molar-refractivity contribution is -0.118. The Kier molecular flexibility index (Phi) is 4.68. The van der Waals surface area contributed by atoms with E-state index in [1.165, 1.54) is 17.0 Å². The third-order valence-corrected chi connectivity index (χ3v) is 3.23. The second-order valence-corrected chi connectivity index (χ2v) is 4.51. The number of benzene rings is 2. The van der Waals surface area contributed by atoms with Crippen LogP contribution in [0.25, 0.3) is 0 Å². The molecule has 0 aliphatic carbocycles. The Labute approximate surface area is 123 Å². The van der Waals surface area contributed by atoms with E-state index in [-0.39, 0.29) is 5.69 Å². The van der Waals surface area contributed by atoms with Gasteiger partial charge < -0.3 is 4.90 Å². The molecule has 0 spiro atoms. The van der Waals surface area contributed by atoms with E-state index >= 15 is 0 Å². The first-order valence-electron chi connectivity index (χ1n) is 6.69. The summed E-state index contributed by atoms with van der Waals surface area (Å²) in [7, 11) is 0. The van der Waals surface area contributed by atoms with E-state index in [0.29, 0.717) is 12.1 Å². The number of anilines is 1. The van der Waals surface area contributed by atoms with Crippen molar-refractivity contribution in [1.29, 1.82) is 5.26 Å². The Bertz CT molecular complexity index is 664.